The van der Waals surface area contributed by atoms with Crippen LogP contribution in [0.1, 0.15) is 0 Å². The molecule has 0 heterocycles. The molecule has 0 bridgehead atoms. The van der Waals surface area contributed by atoms with Gasteiger partial charge in [-0.25, -0.2) is 0 Å². The van der Waals surface area contributed by atoms with Crippen molar-refractivity contribution < 1.29 is 31.3 Å². The van der Waals surface area contributed by atoms with E-state index in [1.807, 2.05) is 12.1 Å². The zero-order valence-corrected chi connectivity index (χ0v) is 11.0. The molecule has 0 spiro atoms. The Morgan fingerprint density at radius 3 is 0.933 bits per heavy atom. The van der Waals surface area contributed by atoms with Gasteiger partial charge in [0.05, 0.1) is 0 Å². The van der Waals surface area contributed by atoms with Gasteiger partial charge in [0, 0.05) is 21.1 Å². The van der Waals surface area contributed by atoms with E-state index in [0.29, 0.717) is 11.5 Å². The van der Waals surface area contributed by atoms with Crippen LogP contribution >= 0.6 is 0 Å². The number of para-hydroxylation sites is 2. The van der Waals surface area contributed by atoms with Gasteiger partial charge in [-0.05, 0) is 24.3 Å². The third kappa shape index (κ3) is 6.75. The summed E-state index contributed by atoms with van der Waals surface area (Å²) in [5, 5.41) is 17.3. The first-order valence-electron chi connectivity index (χ1n) is 4.27. The smallest absolute Gasteiger partial charge is 0.115 e. The molecule has 15 heavy (non-hydrogen) atoms. The third-order valence-electron chi connectivity index (χ3n) is 1.51. The SMILES string of the molecule is Oc1ccccc1.Oc1ccccc1.[W]. The fourth-order valence-corrected chi connectivity index (χ4v) is 0.856. The van der Waals surface area contributed by atoms with Crippen molar-refractivity contribution in [2.45, 2.75) is 0 Å². The van der Waals surface area contributed by atoms with Crippen LogP contribution in [0.4, 0.5) is 0 Å². The predicted octanol–water partition coefficient (Wildman–Crippen LogP) is 2.78. The summed E-state index contributed by atoms with van der Waals surface area (Å²) in [6, 6.07) is 17.4. The Labute approximate surface area is 103 Å². The van der Waals surface area contributed by atoms with Crippen LogP contribution in [0.3, 0.4) is 0 Å². The van der Waals surface area contributed by atoms with E-state index in [1.54, 1.807) is 48.5 Å². The van der Waals surface area contributed by atoms with E-state index in [9.17, 15) is 0 Å². The molecular weight excluding hydrogens is 360 g/mol. The number of rotatable bonds is 0. The van der Waals surface area contributed by atoms with Gasteiger partial charge in [-0.15, -0.1) is 0 Å². The summed E-state index contributed by atoms with van der Waals surface area (Å²) >= 11 is 0. The van der Waals surface area contributed by atoms with Crippen LogP contribution in [-0.4, -0.2) is 10.2 Å². The van der Waals surface area contributed by atoms with E-state index in [-0.39, 0.29) is 21.1 Å². The van der Waals surface area contributed by atoms with Gasteiger partial charge in [0.1, 0.15) is 11.5 Å². The molecule has 0 aliphatic heterocycles. The fourth-order valence-electron chi connectivity index (χ4n) is 0.856. The maximum absolute atomic E-state index is 8.63. The van der Waals surface area contributed by atoms with Crippen LogP contribution in [0.2, 0.25) is 0 Å². The van der Waals surface area contributed by atoms with E-state index in [4.69, 9.17) is 10.2 Å². The Morgan fingerprint density at radius 1 is 0.533 bits per heavy atom. The summed E-state index contributed by atoms with van der Waals surface area (Å²) in [5.74, 6) is 0.644. The van der Waals surface area contributed by atoms with Crippen molar-refractivity contribution in [2.24, 2.45) is 0 Å². The fraction of sp³-hybridized carbons (Fsp3) is 0. The molecule has 0 fully saturated rings. The Bertz CT molecular complexity index is 311. The van der Waals surface area contributed by atoms with Crippen molar-refractivity contribution in [1.82, 2.24) is 0 Å². The van der Waals surface area contributed by atoms with Gasteiger partial charge in [-0.2, -0.15) is 0 Å². The first kappa shape index (κ1) is 13.7. The largest absolute Gasteiger partial charge is 0.508 e. The van der Waals surface area contributed by atoms with Gasteiger partial charge in [-0.1, -0.05) is 36.4 Å². The quantitative estimate of drug-likeness (QED) is 0.747. The average molecular weight is 372 g/mol. The molecule has 2 N–H and O–H groups in total. The van der Waals surface area contributed by atoms with Crippen molar-refractivity contribution in [3.05, 3.63) is 60.7 Å². The Hall–Kier alpha value is -1.27. The first-order valence-corrected chi connectivity index (χ1v) is 4.27. The Balaban J connectivity index is 0.000000245. The molecule has 2 rings (SSSR count). The third-order valence-corrected chi connectivity index (χ3v) is 1.51. The number of phenolic OH excluding ortho intramolecular Hbond substituents is 2. The van der Waals surface area contributed by atoms with Crippen molar-refractivity contribution in [2.75, 3.05) is 0 Å². The maximum Gasteiger partial charge on any atom is 0.115 e. The number of phenols is 2. The van der Waals surface area contributed by atoms with E-state index in [0.717, 1.165) is 0 Å². The predicted molar refractivity (Wildman–Crippen MR) is 56.2 cm³/mol. The van der Waals surface area contributed by atoms with E-state index in [1.165, 1.54) is 0 Å². The van der Waals surface area contributed by atoms with E-state index >= 15 is 0 Å². The minimum Gasteiger partial charge on any atom is -0.508 e. The van der Waals surface area contributed by atoms with Gasteiger partial charge >= 0.3 is 0 Å². The molecule has 0 aliphatic rings. The standard InChI is InChI=1S/2C6H6O.W/c2*7-6-4-2-1-3-5-6;/h2*1-5,7H;. The van der Waals surface area contributed by atoms with Gasteiger partial charge in [-0.3, -0.25) is 0 Å². The second-order valence-corrected chi connectivity index (χ2v) is 2.67. The van der Waals surface area contributed by atoms with Crippen LogP contribution in [0.5, 0.6) is 11.5 Å². The molecule has 0 aliphatic carbocycles. The van der Waals surface area contributed by atoms with E-state index < -0.39 is 0 Å². The normalized spacial score (nSPS) is 8.00. The molecule has 0 radical (unpaired) electrons. The van der Waals surface area contributed by atoms with Crippen LogP contribution in [0.15, 0.2) is 60.7 Å². The Kier molecular flexibility index (Phi) is 7.39. The molecule has 0 amide bonds. The van der Waals surface area contributed by atoms with Crippen molar-refractivity contribution in [3.8, 4) is 11.5 Å². The minimum atomic E-state index is 0. The van der Waals surface area contributed by atoms with Crippen molar-refractivity contribution >= 4 is 0 Å². The maximum atomic E-state index is 8.63. The van der Waals surface area contributed by atoms with Crippen LogP contribution < -0.4 is 0 Å². The summed E-state index contributed by atoms with van der Waals surface area (Å²) in [5.41, 5.74) is 0. The molecule has 2 aromatic rings. The molecule has 2 aromatic carbocycles. The van der Waals surface area contributed by atoms with Gasteiger partial charge < -0.3 is 10.2 Å². The summed E-state index contributed by atoms with van der Waals surface area (Å²) < 4.78 is 0. The number of hydrogen-bond donors (Lipinski definition) is 2. The second kappa shape index (κ2) is 8.07. The summed E-state index contributed by atoms with van der Waals surface area (Å²) in [4.78, 5) is 0. The molecular formula is C12H12O2W. The number of benzene rings is 2. The summed E-state index contributed by atoms with van der Waals surface area (Å²) in [6.07, 6.45) is 0. The summed E-state index contributed by atoms with van der Waals surface area (Å²) in [7, 11) is 0. The van der Waals surface area contributed by atoms with E-state index in [2.05, 4.69) is 0 Å². The van der Waals surface area contributed by atoms with Gasteiger partial charge in [0.25, 0.3) is 0 Å². The molecule has 0 unspecified atom stereocenters. The monoisotopic (exact) mass is 372 g/mol. The molecule has 0 saturated heterocycles. The van der Waals surface area contributed by atoms with Crippen LogP contribution in [0, 0.1) is 0 Å². The molecule has 0 aromatic heterocycles. The molecule has 0 atom stereocenters. The van der Waals surface area contributed by atoms with Crippen molar-refractivity contribution in [1.29, 1.82) is 0 Å². The zero-order valence-electron chi connectivity index (χ0n) is 8.08. The molecule has 78 valence electrons. The summed E-state index contributed by atoms with van der Waals surface area (Å²) in [6.45, 7) is 0. The minimum absolute atomic E-state index is 0. The zero-order chi connectivity index (χ0) is 10.2. The topological polar surface area (TPSA) is 40.5 Å². The molecule has 0 saturated carbocycles. The molecule has 2 nitrogen and oxygen atoms in total. The number of aromatic hydroxyl groups is 2. The average Bonchev–Trinajstić information content (AvgIpc) is 2.21. The number of hydrogen-bond acceptors (Lipinski definition) is 2. The van der Waals surface area contributed by atoms with Gasteiger partial charge in [0.15, 0.2) is 0 Å². The van der Waals surface area contributed by atoms with Crippen LogP contribution in [0.25, 0.3) is 0 Å². The Morgan fingerprint density at radius 2 is 0.800 bits per heavy atom. The molecule has 3 heteroatoms. The van der Waals surface area contributed by atoms with Crippen molar-refractivity contribution in [3.63, 3.8) is 0 Å². The van der Waals surface area contributed by atoms with Gasteiger partial charge in [0.2, 0.25) is 0 Å². The van der Waals surface area contributed by atoms with Crippen LogP contribution in [-0.2, 0) is 21.1 Å². The second-order valence-electron chi connectivity index (χ2n) is 2.67. The first-order chi connectivity index (χ1) is 6.79.